The van der Waals surface area contributed by atoms with Crippen molar-refractivity contribution in [1.29, 1.82) is 0 Å². The zero-order valence-electron chi connectivity index (χ0n) is 9.50. The number of alkyl halides is 1. The van der Waals surface area contributed by atoms with Crippen molar-refractivity contribution in [1.82, 2.24) is 0 Å². The first-order valence-electron chi connectivity index (χ1n) is 5.41. The number of hydrogen-bond donors (Lipinski definition) is 0. The fourth-order valence-electron chi connectivity index (χ4n) is 1.56. The lowest BCUT2D eigenvalue weighted by molar-refractivity contribution is 0.302. The molecular formula is C14H11Br3O. The number of rotatable bonds is 4. The average molecular weight is 435 g/mol. The fraction of sp³-hybridized carbons (Fsp3) is 0.143. The first-order chi connectivity index (χ1) is 8.70. The van der Waals surface area contributed by atoms with Crippen molar-refractivity contribution in [2.45, 2.75) is 11.9 Å². The Morgan fingerprint density at radius 3 is 2.06 bits per heavy atom. The molecule has 0 amide bonds. The Kier molecular flexibility index (Phi) is 5.27. The maximum Gasteiger partial charge on any atom is 0.148 e. The molecule has 0 aliphatic carbocycles. The number of hydrogen-bond acceptors (Lipinski definition) is 1. The van der Waals surface area contributed by atoms with Gasteiger partial charge in [-0.3, -0.25) is 0 Å². The molecule has 2 aromatic rings. The van der Waals surface area contributed by atoms with Crippen molar-refractivity contribution in [2.24, 2.45) is 0 Å². The van der Waals surface area contributed by atoms with Gasteiger partial charge in [-0.1, -0.05) is 46.3 Å². The zero-order chi connectivity index (χ0) is 13.0. The van der Waals surface area contributed by atoms with Crippen LogP contribution in [0, 0.1) is 0 Å². The van der Waals surface area contributed by atoms with E-state index in [4.69, 9.17) is 4.74 Å². The second-order valence-electron chi connectivity index (χ2n) is 3.80. The van der Waals surface area contributed by atoms with Crippen molar-refractivity contribution in [3.05, 3.63) is 62.5 Å². The quantitative estimate of drug-likeness (QED) is 0.562. The first kappa shape index (κ1) is 14.1. The van der Waals surface area contributed by atoms with Crippen LogP contribution in [-0.4, -0.2) is 0 Å². The van der Waals surface area contributed by atoms with Crippen molar-refractivity contribution < 1.29 is 4.74 Å². The second-order valence-corrected chi connectivity index (χ2v) is 6.07. The SMILES string of the molecule is BrCc1cc(Br)c(OCc2ccccc2)c(Br)c1. The Labute approximate surface area is 132 Å². The highest BCUT2D eigenvalue weighted by molar-refractivity contribution is 9.11. The smallest absolute Gasteiger partial charge is 0.148 e. The van der Waals surface area contributed by atoms with E-state index in [-0.39, 0.29) is 0 Å². The highest BCUT2D eigenvalue weighted by Crippen LogP contribution is 2.35. The van der Waals surface area contributed by atoms with Crippen LogP contribution in [0.3, 0.4) is 0 Å². The van der Waals surface area contributed by atoms with E-state index in [2.05, 4.69) is 72.1 Å². The summed E-state index contributed by atoms with van der Waals surface area (Å²) in [4.78, 5) is 0. The summed E-state index contributed by atoms with van der Waals surface area (Å²) in [6.45, 7) is 0.561. The summed E-state index contributed by atoms with van der Waals surface area (Å²) in [6, 6.07) is 14.2. The predicted octanol–water partition coefficient (Wildman–Crippen LogP) is 5.69. The third kappa shape index (κ3) is 3.59. The Balaban J connectivity index is 2.15. The van der Waals surface area contributed by atoms with E-state index in [1.54, 1.807) is 0 Å². The summed E-state index contributed by atoms with van der Waals surface area (Å²) in [7, 11) is 0. The van der Waals surface area contributed by atoms with E-state index >= 15 is 0 Å². The third-order valence-corrected chi connectivity index (χ3v) is 4.26. The molecule has 0 saturated heterocycles. The lowest BCUT2D eigenvalue weighted by Crippen LogP contribution is -1.97. The van der Waals surface area contributed by atoms with Gasteiger partial charge in [-0.05, 0) is 55.1 Å². The molecule has 4 heteroatoms. The molecule has 94 valence electrons. The normalized spacial score (nSPS) is 10.4. The largest absolute Gasteiger partial charge is 0.487 e. The van der Waals surface area contributed by atoms with E-state index < -0.39 is 0 Å². The highest BCUT2D eigenvalue weighted by atomic mass is 79.9. The van der Waals surface area contributed by atoms with Gasteiger partial charge < -0.3 is 4.74 Å². The monoisotopic (exact) mass is 432 g/mol. The van der Waals surface area contributed by atoms with Crippen LogP contribution < -0.4 is 4.74 Å². The van der Waals surface area contributed by atoms with Crippen LogP contribution in [0.25, 0.3) is 0 Å². The van der Waals surface area contributed by atoms with Crippen molar-refractivity contribution in [2.75, 3.05) is 0 Å². The molecule has 2 rings (SSSR count). The maximum absolute atomic E-state index is 5.84. The Morgan fingerprint density at radius 2 is 1.50 bits per heavy atom. The molecule has 0 radical (unpaired) electrons. The van der Waals surface area contributed by atoms with Crippen molar-refractivity contribution in [3.8, 4) is 5.75 Å². The standard InChI is InChI=1S/C14H11Br3O/c15-8-11-6-12(16)14(13(17)7-11)18-9-10-4-2-1-3-5-10/h1-7H,8-9H2. The fourth-order valence-corrected chi connectivity index (χ4v) is 3.39. The maximum atomic E-state index is 5.84. The molecule has 0 atom stereocenters. The van der Waals surface area contributed by atoms with Crippen LogP contribution in [0.2, 0.25) is 0 Å². The summed E-state index contributed by atoms with van der Waals surface area (Å²) >= 11 is 10.5. The van der Waals surface area contributed by atoms with Gasteiger partial charge in [0, 0.05) is 5.33 Å². The molecule has 0 heterocycles. The summed E-state index contributed by atoms with van der Waals surface area (Å²) in [6.07, 6.45) is 0. The van der Waals surface area contributed by atoms with Gasteiger partial charge >= 0.3 is 0 Å². The molecule has 0 aromatic heterocycles. The minimum atomic E-state index is 0.561. The molecule has 0 saturated carbocycles. The van der Waals surface area contributed by atoms with Gasteiger partial charge in [-0.25, -0.2) is 0 Å². The van der Waals surface area contributed by atoms with Gasteiger partial charge in [-0.2, -0.15) is 0 Å². The van der Waals surface area contributed by atoms with E-state index in [0.717, 1.165) is 25.6 Å². The van der Waals surface area contributed by atoms with Crippen LogP contribution in [-0.2, 0) is 11.9 Å². The van der Waals surface area contributed by atoms with Crippen molar-refractivity contribution >= 4 is 47.8 Å². The predicted molar refractivity (Wildman–Crippen MR) is 85.2 cm³/mol. The molecule has 0 spiro atoms. The van der Waals surface area contributed by atoms with Crippen LogP contribution in [0.4, 0.5) is 0 Å². The van der Waals surface area contributed by atoms with E-state index in [0.29, 0.717) is 6.61 Å². The highest BCUT2D eigenvalue weighted by Gasteiger charge is 2.08. The molecule has 0 N–H and O–H groups in total. The van der Waals surface area contributed by atoms with Gasteiger partial charge in [0.15, 0.2) is 0 Å². The molecular weight excluding hydrogens is 424 g/mol. The van der Waals surface area contributed by atoms with Crippen LogP contribution >= 0.6 is 47.8 Å². The third-order valence-electron chi connectivity index (χ3n) is 2.44. The summed E-state index contributed by atoms with van der Waals surface area (Å²) in [5.74, 6) is 0.837. The number of halogens is 3. The van der Waals surface area contributed by atoms with Gasteiger partial charge in [0.25, 0.3) is 0 Å². The summed E-state index contributed by atoms with van der Waals surface area (Å²) in [5, 5.41) is 0.823. The Bertz CT molecular complexity index is 503. The lowest BCUT2D eigenvalue weighted by atomic mass is 10.2. The molecule has 0 fully saturated rings. The molecule has 2 aromatic carbocycles. The van der Waals surface area contributed by atoms with Crippen LogP contribution in [0.15, 0.2) is 51.4 Å². The second kappa shape index (κ2) is 6.73. The lowest BCUT2D eigenvalue weighted by Gasteiger charge is -2.11. The zero-order valence-corrected chi connectivity index (χ0v) is 14.3. The van der Waals surface area contributed by atoms with Gasteiger partial charge in [0.2, 0.25) is 0 Å². The number of ether oxygens (including phenoxy) is 1. The van der Waals surface area contributed by atoms with E-state index in [1.165, 1.54) is 5.56 Å². The topological polar surface area (TPSA) is 9.23 Å². The van der Waals surface area contributed by atoms with E-state index in [9.17, 15) is 0 Å². The van der Waals surface area contributed by atoms with Gasteiger partial charge in [-0.15, -0.1) is 0 Å². The molecule has 1 nitrogen and oxygen atoms in total. The van der Waals surface area contributed by atoms with Crippen LogP contribution in [0.1, 0.15) is 11.1 Å². The molecule has 0 aliphatic rings. The number of benzene rings is 2. The molecule has 18 heavy (non-hydrogen) atoms. The molecule has 0 aliphatic heterocycles. The summed E-state index contributed by atoms with van der Waals surface area (Å²) < 4.78 is 7.76. The molecule has 0 unspecified atom stereocenters. The first-order valence-corrected chi connectivity index (χ1v) is 8.12. The summed E-state index contributed by atoms with van der Waals surface area (Å²) in [5.41, 5.74) is 2.35. The minimum Gasteiger partial charge on any atom is -0.487 e. The van der Waals surface area contributed by atoms with E-state index in [1.807, 2.05) is 18.2 Å². The van der Waals surface area contributed by atoms with Crippen LogP contribution in [0.5, 0.6) is 5.75 Å². The average Bonchev–Trinajstić information content (AvgIpc) is 2.38. The van der Waals surface area contributed by atoms with Gasteiger partial charge in [0.1, 0.15) is 12.4 Å². The van der Waals surface area contributed by atoms with Crippen molar-refractivity contribution in [3.63, 3.8) is 0 Å². The minimum absolute atomic E-state index is 0.561. The molecule has 0 bridgehead atoms. The Morgan fingerprint density at radius 1 is 0.889 bits per heavy atom. The van der Waals surface area contributed by atoms with Gasteiger partial charge in [0.05, 0.1) is 8.95 Å². The Hall–Kier alpha value is -0.320.